The molecule has 0 spiro atoms. The Morgan fingerprint density at radius 2 is 2.08 bits per heavy atom. The Morgan fingerprint density at radius 1 is 1.31 bits per heavy atom. The second-order valence-electron chi connectivity index (χ2n) is 4.81. The van der Waals surface area contributed by atoms with Gasteiger partial charge in [0.25, 0.3) is 0 Å². The lowest BCUT2D eigenvalue weighted by molar-refractivity contribution is 0.137. The number of likely N-dealkylation sites (tertiary alicyclic amines) is 1. The van der Waals surface area contributed by atoms with Gasteiger partial charge in [-0.05, 0) is 45.2 Å². The van der Waals surface area contributed by atoms with E-state index in [0.717, 1.165) is 5.92 Å². The van der Waals surface area contributed by atoms with Gasteiger partial charge in [0.15, 0.2) is 0 Å². The lowest BCUT2D eigenvalue weighted by Crippen LogP contribution is -2.50. The van der Waals surface area contributed by atoms with Crippen LogP contribution in [0.5, 0.6) is 0 Å². The van der Waals surface area contributed by atoms with E-state index in [9.17, 15) is 0 Å². The maximum Gasteiger partial charge on any atom is 0.0218 e. The summed E-state index contributed by atoms with van der Waals surface area (Å²) in [5.41, 5.74) is 6.05. The van der Waals surface area contributed by atoms with E-state index in [-0.39, 0.29) is 0 Å². The summed E-state index contributed by atoms with van der Waals surface area (Å²) in [5, 5.41) is 0. The molecule has 2 aliphatic rings. The van der Waals surface area contributed by atoms with E-state index in [1.807, 2.05) is 0 Å². The van der Waals surface area contributed by atoms with Crippen LogP contribution in [0.1, 0.15) is 39.0 Å². The molecule has 1 aliphatic carbocycles. The van der Waals surface area contributed by atoms with Crippen molar-refractivity contribution < 1.29 is 0 Å². The summed E-state index contributed by atoms with van der Waals surface area (Å²) in [6.45, 7) is 4.86. The van der Waals surface area contributed by atoms with Crippen molar-refractivity contribution in [3.63, 3.8) is 0 Å². The minimum atomic E-state index is 0.424. The summed E-state index contributed by atoms with van der Waals surface area (Å²) in [7, 11) is 0. The third-order valence-corrected chi connectivity index (χ3v) is 3.70. The third kappa shape index (κ3) is 2.44. The first kappa shape index (κ1) is 9.47. The van der Waals surface area contributed by atoms with Crippen molar-refractivity contribution in [2.75, 3.05) is 13.1 Å². The molecule has 2 nitrogen and oxygen atoms in total. The predicted molar refractivity (Wildman–Crippen MR) is 55.6 cm³/mol. The van der Waals surface area contributed by atoms with E-state index in [2.05, 4.69) is 11.8 Å². The molecule has 0 radical (unpaired) electrons. The van der Waals surface area contributed by atoms with Crippen molar-refractivity contribution in [1.29, 1.82) is 0 Å². The van der Waals surface area contributed by atoms with Gasteiger partial charge in [-0.25, -0.2) is 0 Å². The third-order valence-electron chi connectivity index (χ3n) is 3.70. The van der Waals surface area contributed by atoms with Gasteiger partial charge in [-0.2, -0.15) is 0 Å². The molecule has 0 aromatic rings. The van der Waals surface area contributed by atoms with Crippen molar-refractivity contribution in [3.05, 3.63) is 0 Å². The van der Waals surface area contributed by atoms with Crippen molar-refractivity contribution in [1.82, 2.24) is 4.90 Å². The van der Waals surface area contributed by atoms with Crippen LogP contribution >= 0.6 is 0 Å². The van der Waals surface area contributed by atoms with Gasteiger partial charge >= 0.3 is 0 Å². The maximum absolute atomic E-state index is 6.05. The Balaban J connectivity index is 1.75. The molecule has 0 amide bonds. The fourth-order valence-corrected chi connectivity index (χ4v) is 2.32. The highest BCUT2D eigenvalue weighted by molar-refractivity contribution is 4.85. The predicted octanol–water partition coefficient (Wildman–Crippen LogP) is 1.60. The monoisotopic (exact) mass is 182 g/mol. The Morgan fingerprint density at radius 3 is 2.77 bits per heavy atom. The summed E-state index contributed by atoms with van der Waals surface area (Å²) in [6, 6.07) is 1.04. The van der Waals surface area contributed by atoms with Gasteiger partial charge in [0.2, 0.25) is 0 Å². The van der Waals surface area contributed by atoms with Gasteiger partial charge in [-0.1, -0.05) is 12.8 Å². The SMILES string of the molecule is CC1C(N)CCCN1CCC1CC1. The fraction of sp³-hybridized carbons (Fsp3) is 1.00. The van der Waals surface area contributed by atoms with Crippen LogP contribution in [-0.4, -0.2) is 30.1 Å². The van der Waals surface area contributed by atoms with Gasteiger partial charge in [0.05, 0.1) is 0 Å². The van der Waals surface area contributed by atoms with E-state index < -0.39 is 0 Å². The zero-order valence-corrected chi connectivity index (χ0v) is 8.71. The summed E-state index contributed by atoms with van der Waals surface area (Å²) in [6.07, 6.45) is 6.90. The van der Waals surface area contributed by atoms with Gasteiger partial charge in [-0.15, -0.1) is 0 Å². The molecule has 0 bridgehead atoms. The van der Waals surface area contributed by atoms with Crippen molar-refractivity contribution >= 4 is 0 Å². The van der Waals surface area contributed by atoms with Crippen LogP contribution in [0.15, 0.2) is 0 Å². The summed E-state index contributed by atoms with van der Waals surface area (Å²) >= 11 is 0. The molecular formula is C11H22N2. The minimum Gasteiger partial charge on any atom is -0.326 e. The maximum atomic E-state index is 6.05. The number of piperidine rings is 1. The molecule has 2 atom stereocenters. The summed E-state index contributed by atoms with van der Waals surface area (Å²) in [5.74, 6) is 1.06. The molecular weight excluding hydrogens is 160 g/mol. The number of nitrogens with zero attached hydrogens (tertiary/aromatic N) is 1. The molecule has 2 unspecified atom stereocenters. The molecule has 13 heavy (non-hydrogen) atoms. The summed E-state index contributed by atoms with van der Waals surface area (Å²) < 4.78 is 0. The fourth-order valence-electron chi connectivity index (χ4n) is 2.32. The quantitative estimate of drug-likeness (QED) is 0.718. The van der Waals surface area contributed by atoms with Crippen LogP contribution < -0.4 is 5.73 Å². The minimum absolute atomic E-state index is 0.424. The molecule has 2 N–H and O–H groups in total. The number of nitrogens with two attached hydrogens (primary N) is 1. The average Bonchev–Trinajstić information content (AvgIpc) is 2.91. The van der Waals surface area contributed by atoms with Crippen LogP contribution in [0, 0.1) is 5.92 Å². The highest BCUT2D eigenvalue weighted by Gasteiger charge is 2.27. The molecule has 76 valence electrons. The normalized spacial score (nSPS) is 36.5. The topological polar surface area (TPSA) is 29.3 Å². The van der Waals surface area contributed by atoms with Crippen molar-refractivity contribution in [2.45, 2.75) is 51.1 Å². The Bertz CT molecular complexity index is 165. The molecule has 2 rings (SSSR count). The Kier molecular flexibility index (Phi) is 2.89. The lowest BCUT2D eigenvalue weighted by Gasteiger charge is -2.37. The van der Waals surface area contributed by atoms with Crippen LogP contribution in [0.2, 0.25) is 0 Å². The smallest absolute Gasteiger partial charge is 0.0218 e. The number of hydrogen-bond donors (Lipinski definition) is 1. The largest absolute Gasteiger partial charge is 0.326 e. The first-order valence-electron chi connectivity index (χ1n) is 5.77. The zero-order chi connectivity index (χ0) is 9.26. The molecule has 1 aliphatic heterocycles. The van der Waals surface area contributed by atoms with Crippen LogP contribution in [0.3, 0.4) is 0 Å². The molecule has 1 saturated carbocycles. The molecule has 2 fully saturated rings. The van der Waals surface area contributed by atoms with Crippen molar-refractivity contribution in [2.24, 2.45) is 11.7 Å². The zero-order valence-electron chi connectivity index (χ0n) is 8.71. The molecule has 0 aromatic carbocycles. The lowest BCUT2D eigenvalue weighted by atomic mass is 9.98. The molecule has 1 saturated heterocycles. The van der Waals surface area contributed by atoms with E-state index >= 15 is 0 Å². The van der Waals surface area contributed by atoms with E-state index in [0.29, 0.717) is 12.1 Å². The standard InChI is InChI=1S/C11H22N2/c1-9-11(12)3-2-7-13(9)8-6-10-4-5-10/h9-11H,2-8,12H2,1H3. The highest BCUT2D eigenvalue weighted by Crippen LogP contribution is 2.33. The highest BCUT2D eigenvalue weighted by atomic mass is 15.2. The van der Waals surface area contributed by atoms with E-state index in [1.165, 1.54) is 45.2 Å². The van der Waals surface area contributed by atoms with E-state index in [4.69, 9.17) is 5.73 Å². The second kappa shape index (κ2) is 3.97. The average molecular weight is 182 g/mol. The van der Waals surface area contributed by atoms with Crippen LogP contribution in [0.4, 0.5) is 0 Å². The first-order chi connectivity index (χ1) is 6.27. The second-order valence-corrected chi connectivity index (χ2v) is 4.81. The van der Waals surface area contributed by atoms with Gasteiger partial charge in [0.1, 0.15) is 0 Å². The first-order valence-corrected chi connectivity index (χ1v) is 5.77. The Hall–Kier alpha value is -0.0800. The van der Waals surface area contributed by atoms with Gasteiger partial charge in [-0.3, -0.25) is 4.90 Å². The van der Waals surface area contributed by atoms with E-state index in [1.54, 1.807) is 0 Å². The van der Waals surface area contributed by atoms with Gasteiger partial charge in [0, 0.05) is 12.1 Å². The molecule has 2 heteroatoms. The van der Waals surface area contributed by atoms with Crippen molar-refractivity contribution in [3.8, 4) is 0 Å². The van der Waals surface area contributed by atoms with Gasteiger partial charge < -0.3 is 5.73 Å². The Labute approximate surface area is 81.5 Å². The molecule has 0 aromatic heterocycles. The molecule has 1 heterocycles. The summed E-state index contributed by atoms with van der Waals surface area (Å²) in [4.78, 5) is 2.59. The number of rotatable bonds is 3. The van der Waals surface area contributed by atoms with Crippen LogP contribution in [0.25, 0.3) is 0 Å². The number of hydrogen-bond acceptors (Lipinski definition) is 2. The van der Waals surface area contributed by atoms with Crippen LogP contribution in [-0.2, 0) is 0 Å².